The molecule has 0 aliphatic heterocycles. The second-order valence-corrected chi connectivity index (χ2v) is 11.3. The largest absolute Gasteiger partial charge is 0.456 e. The zero-order valence-corrected chi connectivity index (χ0v) is 25.7. The summed E-state index contributed by atoms with van der Waals surface area (Å²) in [6.07, 6.45) is 0. The number of hydrogen-bond donors (Lipinski definition) is 0. The van der Waals surface area contributed by atoms with Gasteiger partial charge >= 0.3 is 0 Å². The average molecular weight is 638 g/mol. The fraction of sp³-hybridized carbons (Fsp3) is 0. The smallest absolute Gasteiger partial charge is 0.164 e. The first-order valence-electron chi connectivity index (χ1n) is 20.5. The van der Waals surface area contributed by atoms with Crippen molar-refractivity contribution in [1.82, 2.24) is 15.0 Å². The number of hydrogen-bond acceptors (Lipinski definition) is 4. The zero-order chi connectivity index (χ0) is 41.3. The van der Waals surface area contributed by atoms with E-state index in [0.717, 1.165) is 33.4 Å². The molecule has 2 aromatic heterocycles. The van der Waals surface area contributed by atoms with Crippen LogP contribution in [0.3, 0.4) is 0 Å². The SMILES string of the molecule is [2H]c1c([2H])c([2H])c(-c2nc(-c3c([2H])c([2H])c([2H])c([2H])c3[2H])nc(-c3cccc4oc5cc(-c6cc(-c7ccccc7)cc(-c7ccccc7)c6)ccc5c34)n2)c([2H])c1[2H]. The zero-order valence-electron chi connectivity index (χ0n) is 35.7. The van der Waals surface area contributed by atoms with Crippen LogP contribution in [0.25, 0.3) is 89.5 Å². The lowest BCUT2D eigenvalue weighted by Gasteiger charge is -2.11. The van der Waals surface area contributed by atoms with Crippen molar-refractivity contribution in [2.75, 3.05) is 0 Å². The van der Waals surface area contributed by atoms with E-state index in [2.05, 4.69) is 57.4 Å². The van der Waals surface area contributed by atoms with Crippen molar-refractivity contribution in [1.29, 1.82) is 0 Å². The molecule has 0 saturated carbocycles. The first kappa shape index (κ1) is 19.9. The van der Waals surface area contributed by atoms with Gasteiger partial charge in [-0.3, -0.25) is 0 Å². The molecule has 9 aromatic rings. The Labute approximate surface area is 298 Å². The first-order valence-corrected chi connectivity index (χ1v) is 15.5. The Balaban J connectivity index is 1.26. The fourth-order valence-corrected chi connectivity index (χ4v) is 6.02. The minimum atomic E-state index is -0.615. The van der Waals surface area contributed by atoms with E-state index in [4.69, 9.17) is 18.1 Å². The number of rotatable bonds is 6. The maximum Gasteiger partial charge on any atom is 0.164 e. The average Bonchev–Trinajstić information content (AvgIpc) is 3.65. The molecule has 2 heterocycles. The Morgan fingerprint density at radius 3 is 1.49 bits per heavy atom. The van der Waals surface area contributed by atoms with E-state index in [1.165, 1.54) is 0 Å². The fourth-order valence-electron chi connectivity index (χ4n) is 6.02. The molecule has 0 saturated heterocycles. The van der Waals surface area contributed by atoms with Gasteiger partial charge in [0.2, 0.25) is 0 Å². The highest BCUT2D eigenvalue weighted by Crippen LogP contribution is 2.39. The molecule has 230 valence electrons. The van der Waals surface area contributed by atoms with Gasteiger partial charge in [0.05, 0.1) is 13.7 Å². The summed E-state index contributed by atoms with van der Waals surface area (Å²) < 4.78 is 90.7. The van der Waals surface area contributed by atoms with Crippen LogP contribution in [-0.4, -0.2) is 15.0 Å². The van der Waals surface area contributed by atoms with Crippen molar-refractivity contribution >= 4 is 21.9 Å². The van der Waals surface area contributed by atoms with Gasteiger partial charge in [-0.15, -0.1) is 0 Å². The summed E-state index contributed by atoms with van der Waals surface area (Å²) in [6, 6.07) is 31.9. The summed E-state index contributed by atoms with van der Waals surface area (Å²) in [7, 11) is 0. The Hall–Kier alpha value is -6.65. The molecule has 0 fully saturated rings. The van der Waals surface area contributed by atoms with Gasteiger partial charge in [-0.1, -0.05) is 139 Å². The number of aromatic nitrogens is 3. The van der Waals surface area contributed by atoms with E-state index in [0.29, 0.717) is 27.5 Å². The third kappa shape index (κ3) is 5.45. The Bertz CT molecular complexity index is 2970. The quantitative estimate of drug-likeness (QED) is 0.182. The van der Waals surface area contributed by atoms with Crippen LogP contribution < -0.4 is 0 Å². The predicted molar refractivity (Wildman–Crippen MR) is 200 cm³/mol. The lowest BCUT2D eigenvalue weighted by molar-refractivity contribution is 0.669. The van der Waals surface area contributed by atoms with Gasteiger partial charge in [-0.25, -0.2) is 15.0 Å². The summed E-state index contributed by atoms with van der Waals surface area (Å²) in [5.74, 6) is -0.717. The molecule has 49 heavy (non-hydrogen) atoms. The van der Waals surface area contributed by atoms with Crippen molar-refractivity contribution < 1.29 is 18.1 Å². The molecule has 7 aromatic carbocycles. The maximum absolute atomic E-state index is 8.69. The van der Waals surface area contributed by atoms with Gasteiger partial charge in [0, 0.05) is 27.5 Å². The van der Waals surface area contributed by atoms with Crippen molar-refractivity contribution in [2.45, 2.75) is 0 Å². The van der Waals surface area contributed by atoms with E-state index < -0.39 is 60.4 Å². The predicted octanol–water partition coefficient (Wildman–Crippen LogP) is 11.8. The number of nitrogens with zero attached hydrogens (tertiary/aromatic N) is 3. The third-order valence-corrected chi connectivity index (χ3v) is 8.30. The molecule has 0 N–H and O–H groups in total. The molecule has 0 unspecified atom stereocenters. The summed E-state index contributed by atoms with van der Waals surface area (Å²) in [5.41, 5.74) is 6.89. The topological polar surface area (TPSA) is 51.8 Å². The number of fused-ring (bicyclic) bond motifs is 3. The highest BCUT2D eigenvalue weighted by molar-refractivity contribution is 6.12. The summed E-state index contributed by atoms with van der Waals surface area (Å²) in [4.78, 5) is 13.7. The van der Waals surface area contributed by atoms with E-state index in [9.17, 15) is 0 Å². The monoisotopic (exact) mass is 637 g/mol. The van der Waals surface area contributed by atoms with Gasteiger partial charge in [0.1, 0.15) is 11.2 Å². The molecule has 0 amide bonds. The molecular formula is C45H29N3O. The lowest BCUT2D eigenvalue weighted by atomic mass is 9.93. The highest BCUT2D eigenvalue weighted by Gasteiger charge is 2.18. The van der Waals surface area contributed by atoms with Crippen molar-refractivity contribution in [3.8, 4) is 67.5 Å². The molecular weight excluding hydrogens is 599 g/mol. The van der Waals surface area contributed by atoms with E-state index in [1.807, 2.05) is 54.6 Å². The number of furan rings is 1. The van der Waals surface area contributed by atoms with Crippen LogP contribution in [0.4, 0.5) is 0 Å². The Morgan fingerprint density at radius 1 is 0.388 bits per heavy atom. The number of benzene rings is 7. The molecule has 0 aliphatic rings. The minimum Gasteiger partial charge on any atom is -0.456 e. The van der Waals surface area contributed by atoms with E-state index in [1.54, 1.807) is 18.2 Å². The highest BCUT2D eigenvalue weighted by atomic mass is 16.3. The molecule has 9 rings (SSSR count). The molecule has 4 nitrogen and oxygen atoms in total. The van der Waals surface area contributed by atoms with Gasteiger partial charge in [-0.05, 0) is 69.8 Å². The lowest BCUT2D eigenvalue weighted by Crippen LogP contribution is -2.00. The van der Waals surface area contributed by atoms with Gasteiger partial charge < -0.3 is 4.42 Å². The van der Waals surface area contributed by atoms with Crippen LogP contribution in [0.5, 0.6) is 0 Å². The Kier molecular flexibility index (Phi) is 4.94. The molecule has 0 atom stereocenters. The van der Waals surface area contributed by atoms with Crippen molar-refractivity contribution in [3.05, 3.63) is 176 Å². The van der Waals surface area contributed by atoms with Crippen LogP contribution in [0, 0.1) is 0 Å². The van der Waals surface area contributed by atoms with Gasteiger partial charge in [-0.2, -0.15) is 0 Å². The summed E-state index contributed by atoms with van der Waals surface area (Å²) in [6.45, 7) is 0. The summed E-state index contributed by atoms with van der Waals surface area (Å²) >= 11 is 0. The van der Waals surface area contributed by atoms with Crippen molar-refractivity contribution in [3.63, 3.8) is 0 Å². The van der Waals surface area contributed by atoms with Crippen LogP contribution in [0.1, 0.15) is 13.7 Å². The third-order valence-electron chi connectivity index (χ3n) is 8.30. The Morgan fingerprint density at radius 2 is 0.918 bits per heavy atom. The summed E-state index contributed by atoms with van der Waals surface area (Å²) in [5, 5.41) is 1.30. The normalized spacial score (nSPS) is 14.1. The van der Waals surface area contributed by atoms with E-state index >= 15 is 0 Å². The van der Waals surface area contributed by atoms with Crippen molar-refractivity contribution in [2.24, 2.45) is 0 Å². The first-order chi connectivity index (χ1) is 28.4. The van der Waals surface area contributed by atoms with Gasteiger partial charge in [0.25, 0.3) is 0 Å². The van der Waals surface area contributed by atoms with Crippen LogP contribution in [0.15, 0.2) is 180 Å². The second-order valence-electron chi connectivity index (χ2n) is 11.3. The standard InChI is InChI=1S/C45H29N3O/c1-5-14-30(15-6-1)35-26-36(31-16-7-2-8-17-31)28-37(27-35)34-24-25-38-41(29-34)49-40-23-13-22-39(42(38)40)45-47-43(32-18-9-3-10-19-32)46-44(48-45)33-20-11-4-12-21-33/h1-29H/i3D,4D,9D,10D,11D,12D,18D,19D,20D,21D. The van der Waals surface area contributed by atoms with Crippen LogP contribution in [0.2, 0.25) is 0 Å². The van der Waals surface area contributed by atoms with Gasteiger partial charge in [0.15, 0.2) is 17.5 Å². The van der Waals surface area contributed by atoms with Crippen LogP contribution in [-0.2, 0) is 0 Å². The minimum absolute atomic E-state index is 0.0379. The molecule has 0 spiro atoms. The maximum atomic E-state index is 8.69. The molecule has 0 bridgehead atoms. The molecule has 0 radical (unpaired) electrons. The molecule has 0 aliphatic carbocycles. The second kappa shape index (κ2) is 12.2. The van der Waals surface area contributed by atoms with E-state index in [-0.39, 0.29) is 28.6 Å². The molecule has 4 heteroatoms. The van der Waals surface area contributed by atoms with Crippen LogP contribution >= 0.6 is 0 Å².